The van der Waals surface area contributed by atoms with Crippen LogP contribution in [0.5, 0.6) is 0 Å². The van der Waals surface area contributed by atoms with E-state index in [2.05, 4.69) is 15.1 Å². The van der Waals surface area contributed by atoms with Crippen molar-refractivity contribution in [2.75, 3.05) is 0 Å². The van der Waals surface area contributed by atoms with E-state index in [9.17, 15) is 13.2 Å². The molecule has 0 aliphatic carbocycles. The molecule has 2 heterocycles. The largest absolute Gasteiger partial charge is 0.435 e. The highest BCUT2D eigenvalue weighted by Crippen LogP contribution is 2.34. The minimum absolute atomic E-state index is 0.00361. The highest BCUT2D eigenvalue weighted by molar-refractivity contribution is 6.30. The molecule has 2 aromatic heterocycles. The highest BCUT2D eigenvalue weighted by Gasteiger charge is 2.38. The Morgan fingerprint density at radius 1 is 1.24 bits per heavy atom. The molecule has 0 aromatic carbocycles. The molecular formula is C9H6ClF3N4. The molecule has 0 saturated carbocycles. The van der Waals surface area contributed by atoms with Gasteiger partial charge in [0, 0.05) is 18.0 Å². The minimum Gasteiger partial charge on any atom is -0.220 e. The summed E-state index contributed by atoms with van der Waals surface area (Å²) in [4.78, 5) is 7.57. The van der Waals surface area contributed by atoms with Crippen molar-refractivity contribution in [3.63, 3.8) is 0 Å². The van der Waals surface area contributed by atoms with Crippen LogP contribution in [-0.2, 0) is 6.18 Å². The summed E-state index contributed by atoms with van der Waals surface area (Å²) in [6, 6.07) is 1.54. The van der Waals surface area contributed by atoms with Crippen molar-refractivity contribution in [2.24, 2.45) is 0 Å². The van der Waals surface area contributed by atoms with Gasteiger partial charge in [-0.2, -0.15) is 23.0 Å². The average molecular weight is 263 g/mol. The molecule has 0 aliphatic heterocycles. The summed E-state index contributed by atoms with van der Waals surface area (Å²) < 4.78 is 38.6. The summed E-state index contributed by atoms with van der Waals surface area (Å²) in [7, 11) is 0. The first kappa shape index (κ1) is 11.8. The van der Waals surface area contributed by atoms with E-state index in [4.69, 9.17) is 11.6 Å². The van der Waals surface area contributed by atoms with Gasteiger partial charge in [-0.3, -0.25) is 0 Å². The summed E-state index contributed by atoms with van der Waals surface area (Å²) in [6.07, 6.45) is -1.76. The van der Waals surface area contributed by atoms with Crippen LogP contribution in [0.3, 0.4) is 0 Å². The zero-order valence-electron chi connectivity index (χ0n) is 8.53. The summed E-state index contributed by atoms with van der Waals surface area (Å²) in [5.41, 5.74) is -1.18. The zero-order chi connectivity index (χ0) is 12.6. The molecule has 2 rings (SSSR count). The number of nitrogens with zero attached hydrogens (tertiary/aromatic N) is 4. The van der Waals surface area contributed by atoms with Crippen LogP contribution in [-0.4, -0.2) is 19.7 Å². The first-order chi connectivity index (χ1) is 7.91. The second-order valence-electron chi connectivity index (χ2n) is 3.22. The van der Waals surface area contributed by atoms with Crippen molar-refractivity contribution in [3.8, 4) is 5.95 Å². The van der Waals surface area contributed by atoms with Crippen LogP contribution in [0.1, 0.15) is 11.3 Å². The lowest BCUT2D eigenvalue weighted by molar-refractivity contribution is -0.141. The van der Waals surface area contributed by atoms with Crippen molar-refractivity contribution in [2.45, 2.75) is 13.1 Å². The van der Waals surface area contributed by atoms with Gasteiger partial charge in [0.15, 0.2) is 5.69 Å². The number of alkyl halides is 3. The van der Waals surface area contributed by atoms with Crippen LogP contribution in [0.2, 0.25) is 5.15 Å². The molecule has 90 valence electrons. The molecule has 0 atom stereocenters. The van der Waals surface area contributed by atoms with E-state index in [-0.39, 0.29) is 16.7 Å². The van der Waals surface area contributed by atoms with Gasteiger partial charge in [0.05, 0.1) is 0 Å². The van der Waals surface area contributed by atoms with Gasteiger partial charge in [0.2, 0.25) is 0 Å². The second kappa shape index (κ2) is 3.99. The van der Waals surface area contributed by atoms with Gasteiger partial charge in [-0.25, -0.2) is 9.97 Å². The van der Waals surface area contributed by atoms with Crippen molar-refractivity contribution in [1.82, 2.24) is 19.7 Å². The standard InChI is InChI=1S/C9H6ClF3N4/c1-5-6(9(11,12)13)16-17(7(5)10)8-14-3-2-4-15-8/h2-4H,1H3. The molecule has 17 heavy (non-hydrogen) atoms. The predicted molar refractivity (Wildman–Crippen MR) is 53.9 cm³/mol. The van der Waals surface area contributed by atoms with Gasteiger partial charge in [-0.15, -0.1) is 0 Å². The third-order valence-corrected chi connectivity index (χ3v) is 2.50. The molecule has 0 saturated heterocycles. The van der Waals surface area contributed by atoms with E-state index in [1.165, 1.54) is 19.3 Å². The Bertz CT molecular complexity index is 535. The molecule has 0 unspecified atom stereocenters. The molecule has 0 bridgehead atoms. The molecule has 0 amide bonds. The van der Waals surface area contributed by atoms with Crippen LogP contribution in [0.15, 0.2) is 18.5 Å². The molecule has 2 aromatic rings. The Kier molecular flexibility index (Phi) is 2.78. The first-order valence-corrected chi connectivity index (χ1v) is 4.88. The lowest BCUT2D eigenvalue weighted by Crippen LogP contribution is -2.09. The number of aromatic nitrogens is 4. The molecular weight excluding hydrogens is 257 g/mol. The maximum Gasteiger partial charge on any atom is 0.435 e. The van der Waals surface area contributed by atoms with Crippen molar-refractivity contribution in [3.05, 3.63) is 34.9 Å². The topological polar surface area (TPSA) is 43.6 Å². The molecule has 0 N–H and O–H groups in total. The monoisotopic (exact) mass is 262 g/mol. The fourth-order valence-corrected chi connectivity index (χ4v) is 1.48. The first-order valence-electron chi connectivity index (χ1n) is 4.51. The van der Waals surface area contributed by atoms with Gasteiger partial charge in [-0.05, 0) is 13.0 Å². The summed E-state index contributed by atoms with van der Waals surface area (Å²) >= 11 is 5.77. The normalized spacial score (nSPS) is 11.8. The van der Waals surface area contributed by atoms with Gasteiger partial charge in [0.25, 0.3) is 5.95 Å². The Hall–Kier alpha value is -1.63. The maximum absolute atomic E-state index is 12.6. The van der Waals surface area contributed by atoms with E-state index in [1.807, 2.05) is 0 Å². The highest BCUT2D eigenvalue weighted by atomic mass is 35.5. The summed E-state index contributed by atoms with van der Waals surface area (Å²) in [5.74, 6) is -0.00361. The molecule has 0 radical (unpaired) electrons. The number of hydrogen-bond donors (Lipinski definition) is 0. The van der Waals surface area contributed by atoms with E-state index in [0.29, 0.717) is 0 Å². The second-order valence-corrected chi connectivity index (χ2v) is 3.58. The van der Waals surface area contributed by atoms with Gasteiger partial charge < -0.3 is 0 Å². The maximum atomic E-state index is 12.6. The third-order valence-electron chi connectivity index (χ3n) is 2.06. The molecule has 0 fully saturated rings. The van der Waals surface area contributed by atoms with Crippen LogP contribution in [0, 0.1) is 6.92 Å². The van der Waals surface area contributed by atoms with E-state index < -0.39 is 11.9 Å². The van der Waals surface area contributed by atoms with Crippen LogP contribution < -0.4 is 0 Å². The Labute approximate surface area is 99.1 Å². The molecule has 4 nitrogen and oxygen atoms in total. The van der Waals surface area contributed by atoms with E-state index in [0.717, 1.165) is 4.68 Å². The Morgan fingerprint density at radius 2 is 1.82 bits per heavy atom. The van der Waals surface area contributed by atoms with E-state index in [1.54, 1.807) is 6.07 Å². The average Bonchev–Trinajstić information content (AvgIpc) is 2.57. The fraction of sp³-hybridized carbons (Fsp3) is 0.222. The lowest BCUT2D eigenvalue weighted by Gasteiger charge is -2.02. The van der Waals surface area contributed by atoms with Gasteiger partial charge >= 0.3 is 6.18 Å². The summed E-state index contributed by atoms with van der Waals surface area (Å²) in [6.45, 7) is 1.25. The zero-order valence-corrected chi connectivity index (χ0v) is 9.29. The third kappa shape index (κ3) is 2.10. The van der Waals surface area contributed by atoms with Crippen molar-refractivity contribution >= 4 is 11.6 Å². The quantitative estimate of drug-likeness (QED) is 0.793. The molecule has 0 spiro atoms. The number of hydrogen-bond acceptors (Lipinski definition) is 3. The van der Waals surface area contributed by atoms with Gasteiger partial charge in [0.1, 0.15) is 5.15 Å². The Balaban J connectivity index is 2.59. The summed E-state index contributed by atoms with van der Waals surface area (Å²) in [5, 5.41) is 3.24. The van der Waals surface area contributed by atoms with E-state index >= 15 is 0 Å². The fourth-order valence-electron chi connectivity index (χ4n) is 1.28. The Morgan fingerprint density at radius 3 is 2.29 bits per heavy atom. The van der Waals surface area contributed by atoms with Crippen molar-refractivity contribution < 1.29 is 13.2 Å². The number of halogens is 4. The SMILES string of the molecule is Cc1c(C(F)(F)F)nn(-c2ncccn2)c1Cl. The van der Waals surface area contributed by atoms with Crippen molar-refractivity contribution in [1.29, 1.82) is 0 Å². The lowest BCUT2D eigenvalue weighted by atomic mass is 10.3. The van der Waals surface area contributed by atoms with Crippen LogP contribution >= 0.6 is 11.6 Å². The van der Waals surface area contributed by atoms with Crippen LogP contribution in [0.4, 0.5) is 13.2 Å². The number of rotatable bonds is 1. The van der Waals surface area contributed by atoms with Gasteiger partial charge in [-0.1, -0.05) is 11.6 Å². The predicted octanol–water partition coefficient (Wildman–Crippen LogP) is 2.64. The minimum atomic E-state index is -4.55. The molecule has 8 heteroatoms. The smallest absolute Gasteiger partial charge is 0.220 e. The van der Waals surface area contributed by atoms with Crippen LogP contribution in [0.25, 0.3) is 5.95 Å². The molecule has 0 aliphatic rings.